The van der Waals surface area contributed by atoms with Crippen molar-refractivity contribution in [1.29, 1.82) is 0 Å². The molecule has 2 heterocycles. The minimum atomic E-state index is 0.0353. The van der Waals surface area contributed by atoms with Crippen molar-refractivity contribution in [2.75, 3.05) is 14.1 Å². The van der Waals surface area contributed by atoms with Gasteiger partial charge in [0.2, 0.25) is 0 Å². The van der Waals surface area contributed by atoms with Crippen LogP contribution in [0.5, 0.6) is 0 Å². The van der Waals surface area contributed by atoms with E-state index in [4.69, 9.17) is 9.40 Å². The highest BCUT2D eigenvalue weighted by Crippen LogP contribution is 2.36. The number of furan rings is 1. The highest BCUT2D eigenvalue weighted by molar-refractivity contribution is 5.69. The molecule has 2 aromatic heterocycles. The van der Waals surface area contributed by atoms with Crippen LogP contribution in [0, 0.1) is 0 Å². The van der Waals surface area contributed by atoms with E-state index in [1.54, 1.807) is 0 Å². The van der Waals surface area contributed by atoms with Crippen LogP contribution in [0.25, 0.3) is 34.2 Å². The van der Waals surface area contributed by atoms with Gasteiger partial charge in [-0.05, 0) is 37.2 Å². The first kappa shape index (κ1) is 20.2. The molecule has 0 radical (unpaired) electrons. The van der Waals surface area contributed by atoms with Crippen molar-refractivity contribution in [3.63, 3.8) is 0 Å². The zero-order valence-corrected chi connectivity index (χ0v) is 18.4. The summed E-state index contributed by atoms with van der Waals surface area (Å²) in [5.41, 5.74) is 5.57. The molecule has 30 heavy (non-hydrogen) atoms. The van der Waals surface area contributed by atoms with Crippen LogP contribution in [-0.2, 0) is 12.0 Å². The summed E-state index contributed by atoms with van der Waals surface area (Å²) >= 11 is 0. The fraction of sp³-hybridized carbons (Fsp3) is 0.269. The molecule has 0 aliphatic rings. The Morgan fingerprint density at radius 3 is 2.23 bits per heavy atom. The summed E-state index contributed by atoms with van der Waals surface area (Å²) < 4.78 is 6.29. The van der Waals surface area contributed by atoms with Crippen molar-refractivity contribution in [3.05, 3.63) is 78.0 Å². The molecule has 0 atom stereocenters. The number of benzene rings is 2. The van der Waals surface area contributed by atoms with Crippen LogP contribution >= 0.6 is 0 Å². The van der Waals surface area contributed by atoms with Crippen LogP contribution in [0.1, 0.15) is 32.0 Å². The van der Waals surface area contributed by atoms with E-state index in [0.29, 0.717) is 0 Å². The molecule has 1 N–H and O–H groups in total. The van der Waals surface area contributed by atoms with Crippen LogP contribution < -0.4 is 0 Å². The number of aromatic amines is 1. The first-order valence-electron chi connectivity index (χ1n) is 10.3. The lowest BCUT2D eigenvalue weighted by Gasteiger charge is -2.21. The summed E-state index contributed by atoms with van der Waals surface area (Å²) in [5.74, 6) is 2.36. The summed E-state index contributed by atoms with van der Waals surface area (Å²) in [6, 6.07) is 22.8. The van der Waals surface area contributed by atoms with Gasteiger partial charge in [-0.15, -0.1) is 0 Å². The summed E-state index contributed by atoms with van der Waals surface area (Å²) in [6.45, 7) is 7.45. The average Bonchev–Trinajstić information content (AvgIpc) is 3.35. The number of nitrogens with one attached hydrogen (secondary N) is 1. The molecular formula is C26H29N3O. The van der Waals surface area contributed by atoms with E-state index in [9.17, 15) is 0 Å². The second-order valence-electron chi connectivity index (χ2n) is 8.98. The first-order valence-corrected chi connectivity index (χ1v) is 10.3. The number of hydrogen-bond donors (Lipinski definition) is 1. The standard InChI is InChI=1S/C26H29N3O/c1-26(2,3)20-14-10-9-13-19(20)22-15-16-23(30-22)25-27-21(17-29(4)5)24(28-25)18-11-7-6-8-12-18/h6-16H,17H2,1-5H3,(H,27,28). The van der Waals surface area contributed by atoms with E-state index in [-0.39, 0.29) is 5.41 Å². The molecule has 4 heteroatoms. The summed E-state index contributed by atoms with van der Waals surface area (Å²) in [7, 11) is 4.12. The van der Waals surface area contributed by atoms with Gasteiger partial charge in [0.05, 0.1) is 11.4 Å². The van der Waals surface area contributed by atoms with Gasteiger partial charge in [0.1, 0.15) is 5.76 Å². The quantitative estimate of drug-likeness (QED) is 0.424. The maximum Gasteiger partial charge on any atom is 0.174 e. The van der Waals surface area contributed by atoms with Gasteiger partial charge in [-0.3, -0.25) is 0 Å². The average molecular weight is 400 g/mol. The Kier molecular flexibility index (Phi) is 5.35. The molecule has 0 saturated heterocycles. The Hall–Kier alpha value is -3.11. The summed E-state index contributed by atoms with van der Waals surface area (Å²) in [4.78, 5) is 10.5. The van der Waals surface area contributed by atoms with Crippen molar-refractivity contribution >= 4 is 0 Å². The summed E-state index contributed by atoms with van der Waals surface area (Å²) in [6.07, 6.45) is 0. The molecule has 4 aromatic rings. The Labute approximate surface area is 178 Å². The lowest BCUT2D eigenvalue weighted by atomic mass is 9.83. The van der Waals surface area contributed by atoms with Gasteiger partial charge < -0.3 is 14.3 Å². The van der Waals surface area contributed by atoms with Gasteiger partial charge in [0, 0.05) is 17.7 Å². The Bertz CT molecular complexity index is 1130. The monoisotopic (exact) mass is 399 g/mol. The molecule has 0 saturated carbocycles. The molecule has 0 bridgehead atoms. The SMILES string of the molecule is CN(C)Cc1[nH]c(-c2ccc(-c3ccccc3C(C)(C)C)o2)nc1-c1ccccc1. The summed E-state index contributed by atoms with van der Waals surface area (Å²) in [5, 5.41) is 0. The third-order valence-electron chi connectivity index (χ3n) is 5.14. The largest absolute Gasteiger partial charge is 0.453 e. The fourth-order valence-corrected chi connectivity index (χ4v) is 3.75. The fourth-order valence-electron chi connectivity index (χ4n) is 3.75. The Balaban J connectivity index is 1.75. The van der Waals surface area contributed by atoms with Gasteiger partial charge in [-0.2, -0.15) is 0 Å². The van der Waals surface area contributed by atoms with Crippen LogP contribution in [0.4, 0.5) is 0 Å². The number of imidazole rings is 1. The minimum Gasteiger partial charge on any atom is -0.453 e. The van der Waals surface area contributed by atoms with Gasteiger partial charge in [0.25, 0.3) is 0 Å². The third kappa shape index (κ3) is 4.10. The Morgan fingerprint density at radius 1 is 0.867 bits per heavy atom. The van der Waals surface area contributed by atoms with Gasteiger partial charge >= 0.3 is 0 Å². The lowest BCUT2D eigenvalue weighted by Crippen LogP contribution is -2.12. The normalized spacial score (nSPS) is 11.9. The first-order chi connectivity index (χ1) is 14.3. The zero-order chi connectivity index (χ0) is 21.3. The molecular weight excluding hydrogens is 370 g/mol. The van der Waals surface area contributed by atoms with E-state index >= 15 is 0 Å². The van der Waals surface area contributed by atoms with E-state index in [2.05, 4.69) is 81.1 Å². The molecule has 4 rings (SSSR count). The Morgan fingerprint density at radius 2 is 1.53 bits per heavy atom. The van der Waals surface area contributed by atoms with Crippen molar-refractivity contribution in [3.8, 4) is 34.2 Å². The lowest BCUT2D eigenvalue weighted by molar-refractivity contribution is 0.398. The molecule has 0 fully saturated rings. The number of nitrogens with zero attached hydrogens (tertiary/aromatic N) is 2. The zero-order valence-electron chi connectivity index (χ0n) is 18.4. The van der Waals surface area contributed by atoms with Gasteiger partial charge in [-0.25, -0.2) is 4.98 Å². The molecule has 0 spiro atoms. The molecule has 0 amide bonds. The third-order valence-corrected chi connectivity index (χ3v) is 5.14. The second kappa shape index (κ2) is 7.96. The minimum absolute atomic E-state index is 0.0353. The van der Waals surface area contributed by atoms with E-state index in [1.807, 2.05) is 30.3 Å². The van der Waals surface area contributed by atoms with Crippen LogP contribution in [0.2, 0.25) is 0 Å². The van der Waals surface area contributed by atoms with Gasteiger partial charge in [0.15, 0.2) is 11.6 Å². The van der Waals surface area contributed by atoms with E-state index in [0.717, 1.165) is 46.4 Å². The van der Waals surface area contributed by atoms with Gasteiger partial charge in [-0.1, -0.05) is 75.4 Å². The van der Waals surface area contributed by atoms with E-state index < -0.39 is 0 Å². The van der Waals surface area contributed by atoms with Crippen molar-refractivity contribution in [2.24, 2.45) is 0 Å². The molecule has 154 valence electrons. The number of aromatic nitrogens is 2. The molecule has 0 aliphatic heterocycles. The number of H-pyrrole nitrogens is 1. The second-order valence-corrected chi connectivity index (χ2v) is 8.98. The maximum absolute atomic E-state index is 6.29. The number of hydrogen-bond acceptors (Lipinski definition) is 3. The van der Waals surface area contributed by atoms with Crippen molar-refractivity contribution < 1.29 is 4.42 Å². The van der Waals surface area contributed by atoms with Crippen molar-refractivity contribution in [1.82, 2.24) is 14.9 Å². The molecule has 2 aromatic carbocycles. The highest BCUT2D eigenvalue weighted by Gasteiger charge is 2.21. The van der Waals surface area contributed by atoms with Crippen LogP contribution in [-0.4, -0.2) is 29.0 Å². The van der Waals surface area contributed by atoms with E-state index in [1.165, 1.54) is 5.56 Å². The smallest absolute Gasteiger partial charge is 0.174 e. The van der Waals surface area contributed by atoms with Crippen LogP contribution in [0.15, 0.2) is 71.1 Å². The molecule has 4 nitrogen and oxygen atoms in total. The topological polar surface area (TPSA) is 45.1 Å². The molecule has 0 unspecified atom stereocenters. The predicted octanol–water partition coefficient (Wildman–Crippen LogP) is 6.36. The highest BCUT2D eigenvalue weighted by atomic mass is 16.3. The van der Waals surface area contributed by atoms with Crippen LogP contribution in [0.3, 0.4) is 0 Å². The van der Waals surface area contributed by atoms with Crippen molar-refractivity contribution in [2.45, 2.75) is 32.7 Å². The number of rotatable bonds is 5. The maximum atomic E-state index is 6.29. The molecule has 0 aliphatic carbocycles. The predicted molar refractivity (Wildman–Crippen MR) is 123 cm³/mol.